The predicted octanol–water partition coefficient (Wildman–Crippen LogP) is 0.979. The maximum atomic E-state index is 11.4. The highest BCUT2D eigenvalue weighted by Crippen LogP contribution is 1.96. The summed E-state index contributed by atoms with van der Waals surface area (Å²) in [6.45, 7) is 9.31. The lowest BCUT2D eigenvalue weighted by molar-refractivity contribution is -0.145. The molecule has 0 spiro atoms. The van der Waals surface area contributed by atoms with Gasteiger partial charge in [-0.3, -0.25) is 0 Å². The Labute approximate surface area is 95.5 Å². The maximum absolute atomic E-state index is 11.4. The minimum atomic E-state index is -0.692. The first-order chi connectivity index (χ1) is 7.65. The number of carbonyl (C=O) groups excluding carboxylic acids is 2. The Morgan fingerprint density at radius 2 is 2.06 bits per heavy atom. The van der Waals surface area contributed by atoms with Crippen LogP contribution in [0.3, 0.4) is 0 Å². The van der Waals surface area contributed by atoms with Crippen LogP contribution in [-0.2, 0) is 9.53 Å². The van der Waals surface area contributed by atoms with Gasteiger partial charge in [0.1, 0.15) is 6.04 Å². The van der Waals surface area contributed by atoms with Crippen molar-refractivity contribution in [3.63, 3.8) is 0 Å². The second-order valence-electron chi connectivity index (χ2n) is 2.97. The van der Waals surface area contributed by atoms with Crippen LogP contribution in [-0.4, -0.2) is 31.2 Å². The summed E-state index contributed by atoms with van der Waals surface area (Å²) in [4.78, 5) is 22.7. The molecule has 5 heteroatoms. The van der Waals surface area contributed by atoms with Crippen molar-refractivity contribution in [3.8, 4) is 0 Å². The third-order valence-electron chi connectivity index (χ3n) is 1.69. The molecule has 2 amide bonds. The van der Waals surface area contributed by atoms with Crippen molar-refractivity contribution in [2.45, 2.75) is 19.4 Å². The SMILES string of the molecule is C=CCNC(=O)NC(CC=C)C(=O)OCC. The van der Waals surface area contributed by atoms with Gasteiger partial charge in [-0.25, -0.2) is 9.59 Å². The number of esters is 1. The molecule has 0 rings (SSSR count). The molecule has 0 heterocycles. The summed E-state index contributed by atoms with van der Waals surface area (Å²) in [7, 11) is 0. The van der Waals surface area contributed by atoms with Crippen LogP contribution < -0.4 is 10.6 Å². The number of hydrogen-bond donors (Lipinski definition) is 2. The Kier molecular flexibility index (Phi) is 7.57. The molecule has 0 fully saturated rings. The Morgan fingerprint density at radius 3 is 2.56 bits per heavy atom. The van der Waals surface area contributed by atoms with E-state index in [4.69, 9.17) is 4.74 Å². The van der Waals surface area contributed by atoms with E-state index in [0.717, 1.165) is 0 Å². The average Bonchev–Trinajstić information content (AvgIpc) is 2.26. The average molecular weight is 226 g/mol. The van der Waals surface area contributed by atoms with Crippen LogP contribution in [0.25, 0.3) is 0 Å². The summed E-state index contributed by atoms with van der Waals surface area (Å²) in [5, 5.41) is 5.00. The minimum Gasteiger partial charge on any atom is -0.464 e. The predicted molar refractivity (Wildman–Crippen MR) is 62.0 cm³/mol. The molecule has 2 N–H and O–H groups in total. The van der Waals surface area contributed by atoms with Gasteiger partial charge in [0.25, 0.3) is 0 Å². The van der Waals surface area contributed by atoms with E-state index in [1.54, 1.807) is 19.1 Å². The van der Waals surface area contributed by atoms with Crippen LogP contribution in [0.5, 0.6) is 0 Å². The third kappa shape index (κ3) is 5.85. The normalized spacial score (nSPS) is 11.1. The van der Waals surface area contributed by atoms with E-state index in [1.807, 2.05) is 0 Å². The topological polar surface area (TPSA) is 67.4 Å². The lowest BCUT2D eigenvalue weighted by Crippen LogP contribution is -2.46. The zero-order valence-electron chi connectivity index (χ0n) is 9.49. The van der Waals surface area contributed by atoms with Gasteiger partial charge in [-0.05, 0) is 13.3 Å². The molecule has 0 saturated carbocycles. The molecule has 0 aliphatic heterocycles. The van der Waals surface area contributed by atoms with Gasteiger partial charge in [-0.2, -0.15) is 0 Å². The zero-order chi connectivity index (χ0) is 12.4. The minimum absolute atomic E-state index is 0.280. The largest absolute Gasteiger partial charge is 0.464 e. The third-order valence-corrected chi connectivity index (χ3v) is 1.69. The van der Waals surface area contributed by atoms with Crippen molar-refractivity contribution < 1.29 is 14.3 Å². The molecule has 1 atom stereocenters. The van der Waals surface area contributed by atoms with Crippen molar-refractivity contribution in [1.29, 1.82) is 0 Å². The van der Waals surface area contributed by atoms with Gasteiger partial charge in [0, 0.05) is 6.54 Å². The van der Waals surface area contributed by atoms with Crippen molar-refractivity contribution in [2.24, 2.45) is 0 Å². The van der Waals surface area contributed by atoms with Crippen LogP contribution in [0.2, 0.25) is 0 Å². The number of rotatable bonds is 7. The number of carbonyl (C=O) groups is 2. The zero-order valence-corrected chi connectivity index (χ0v) is 9.49. The highest BCUT2D eigenvalue weighted by molar-refractivity contribution is 5.83. The second kappa shape index (κ2) is 8.52. The molecule has 0 aliphatic carbocycles. The number of ether oxygens (including phenoxy) is 1. The first kappa shape index (κ1) is 14.2. The highest BCUT2D eigenvalue weighted by Gasteiger charge is 2.19. The van der Waals surface area contributed by atoms with E-state index < -0.39 is 18.0 Å². The van der Waals surface area contributed by atoms with Gasteiger partial charge in [-0.15, -0.1) is 13.2 Å². The smallest absolute Gasteiger partial charge is 0.329 e. The van der Waals surface area contributed by atoms with Crippen molar-refractivity contribution in [3.05, 3.63) is 25.3 Å². The molecule has 0 radical (unpaired) electrons. The molecular formula is C11H18N2O3. The summed E-state index contributed by atoms with van der Waals surface area (Å²) in [6, 6.07) is -1.12. The van der Waals surface area contributed by atoms with E-state index in [9.17, 15) is 9.59 Å². The molecule has 1 unspecified atom stereocenters. The molecule has 0 aromatic rings. The van der Waals surface area contributed by atoms with Crippen LogP contribution in [0.1, 0.15) is 13.3 Å². The van der Waals surface area contributed by atoms with E-state index in [0.29, 0.717) is 13.0 Å². The Bertz CT molecular complexity index is 264. The van der Waals surface area contributed by atoms with Crippen LogP contribution >= 0.6 is 0 Å². The summed E-state index contributed by atoms with van der Waals surface area (Å²) in [5.74, 6) is -0.462. The first-order valence-corrected chi connectivity index (χ1v) is 5.08. The van der Waals surface area contributed by atoms with Gasteiger partial charge in [-0.1, -0.05) is 12.2 Å². The summed E-state index contributed by atoms with van der Waals surface area (Å²) >= 11 is 0. The maximum Gasteiger partial charge on any atom is 0.329 e. The Balaban J connectivity index is 4.20. The van der Waals surface area contributed by atoms with E-state index in [1.165, 1.54) is 0 Å². The summed E-state index contributed by atoms with van der Waals surface area (Å²) in [6.07, 6.45) is 3.43. The molecule has 0 bridgehead atoms. The number of nitrogens with one attached hydrogen (secondary N) is 2. The second-order valence-corrected chi connectivity index (χ2v) is 2.97. The van der Waals surface area contributed by atoms with Crippen molar-refractivity contribution >= 4 is 12.0 Å². The molecule has 90 valence electrons. The number of amides is 2. The summed E-state index contributed by atoms with van der Waals surface area (Å²) < 4.78 is 4.81. The monoisotopic (exact) mass is 226 g/mol. The standard InChI is InChI=1S/C11H18N2O3/c1-4-7-9(10(14)16-6-3)13-11(15)12-8-5-2/h4-5,9H,1-2,6-8H2,3H3,(H2,12,13,15). The lowest BCUT2D eigenvalue weighted by Gasteiger charge is -2.15. The fourth-order valence-electron chi connectivity index (χ4n) is 0.998. The first-order valence-electron chi connectivity index (χ1n) is 5.08. The molecule has 0 aromatic carbocycles. The highest BCUT2D eigenvalue weighted by atomic mass is 16.5. The van der Waals surface area contributed by atoms with E-state index >= 15 is 0 Å². The molecule has 0 saturated heterocycles. The molecule has 0 aliphatic rings. The number of hydrogen-bond acceptors (Lipinski definition) is 3. The summed E-state index contributed by atoms with van der Waals surface area (Å²) in [5.41, 5.74) is 0. The van der Waals surface area contributed by atoms with Gasteiger partial charge >= 0.3 is 12.0 Å². The van der Waals surface area contributed by atoms with Crippen LogP contribution in [0.15, 0.2) is 25.3 Å². The van der Waals surface area contributed by atoms with Crippen LogP contribution in [0, 0.1) is 0 Å². The van der Waals surface area contributed by atoms with Crippen molar-refractivity contribution in [1.82, 2.24) is 10.6 Å². The molecule has 16 heavy (non-hydrogen) atoms. The van der Waals surface area contributed by atoms with Gasteiger partial charge in [0.2, 0.25) is 0 Å². The molecular weight excluding hydrogens is 208 g/mol. The van der Waals surface area contributed by atoms with Gasteiger partial charge in [0.15, 0.2) is 0 Å². The Morgan fingerprint density at radius 1 is 1.38 bits per heavy atom. The molecule has 5 nitrogen and oxygen atoms in total. The quantitative estimate of drug-likeness (QED) is 0.502. The fourth-order valence-corrected chi connectivity index (χ4v) is 0.998. The molecule has 0 aromatic heterocycles. The number of urea groups is 1. The lowest BCUT2D eigenvalue weighted by atomic mass is 10.2. The Hall–Kier alpha value is -1.78. The van der Waals surface area contributed by atoms with Crippen molar-refractivity contribution in [2.75, 3.05) is 13.2 Å². The fraction of sp³-hybridized carbons (Fsp3) is 0.455. The van der Waals surface area contributed by atoms with E-state index in [2.05, 4.69) is 23.8 Å². The van der Waals surface area contributed by atoms with E-state index in [-0.39, 0.29) is 6.61 Å². The van der Waals surface area contributed by atoms with Crippen LogP contribution in [0.4, 0.5) is 4.79 Å². The van der Waals surface area contributed by atoms with Gasteiger partial charge < -0.3 is 15.4 Å². The van der Waals surface area contributed by atoms with Gasteiger partial charge in [0.05, 0.1) is 6.61 Å².